The van der Waals surface area contributed by atoms with Crippen LogP contribution in [0, 0.1) is 0 Å². The van der Waals surface area contributed by atoms with E-state index in [1.807, 2.05) is 66.7 Å². The third-order valence-corrected chi connectivity index (χ3v) is 5.98. The van der Waals surface area contributed by atoms with E-state index in [2.05, 4.69) is 30.3 Å². The Kier molecular flexibility index (Phi) is 9.51. The smallest absolute Gasteiger partial charge is 0.410 e. The molecule has 35 heavy (non-hydrogen) atoms. The summed E-state index contributed by atoms with van der Waals surface area (Å²) in [5.74, 6) is 0. The highest BCUT2D eigenvalue weighted by molar-refractivity contribution is 5.67. The first-order valence-corrected chi connectivity index (χ1v) is 12.2. The lowest BCUT2D eigenvalue weighted by Gasteiger charge is -2.28. The molecular formula is C30H33NO4. The zero-order chi connectivity index (χ0) is 24.1. The van der Waals surface area contributed by atoms with Crippen LogP contribution in [-0.2, 0) is 34.0 Å². The summed E-state index contributed by atoms with van der Waals surface area (Å²) in [6.45, 7) is 3.04. The molecule has 182 valence electrons. The van der Waals surface area contributed by atoms with Crippen LogP contribution in [0.25, 0.3) is 0 Å². The summed E-state index contributed by atoms with van der Waals surface area (Å²) in [4.78, 5) is 14.6. The van der Waals surface area contributed by atoms with Gasteiger partial charge in [-0.05, 0) is 35.1 Å². The second-order valence-electron chi connectivity index (χ2n) is 8.70. The van der Waals surface area contributed by atoms with E-state index in [0.29, 0.717) is 39.3 Å². The normalized spacial score (nSPS) is 17.7. The van der Waals surface area contributed by atoms with Crippen molar-refractivity contribution in [2.24, 2.45) is 0 Å². The number of benzene rings is 3. The highest BCUT2D eigenvalue weighted by Crippen LogP contribution is 2.18. The van der Waals surface area contributed by atoms with E-state index in [1.54, 1.807) is 4.90 Å². The Morgan fingerprint density at radius 2 is 1.29 bits per heavy atom. The van der Waals surface area contributed by atoms with Gasteiger partial charge in [0, 0.05) is 13.1 Å². The zero-order valence-electron chi connectivity index (χ0n) is 20.1. The molecule has 0 fully saturated rings. The van der Waals surface area contributed by atoms with Crippen molar-refractivity contribution in [2.45, 2.75) is 38.8 Å². The molecule has 0 spiro atoms. The van der Waals surface area contributed by atoms with Crippen molar-refractivity contribution in [1.29, 1.82) is 0 Å². The van der Waals surface area contributed by atoms with E-state index < -0.39 is 0 Å². The summed E-state index contributed by atoms with van der Waals surface area (Å²) in [5, 5.41) is 0. The summed E-state index contributed by atoms with van der Waals surface area (Å²) in [7, 11) is 0. The second-order valence-corrected chi connectivity index (χ2v) is 8.70. The molecule has 3 aromatic carbocycles. The average Bonchev–Trinajstić information content (AvgIpc) is 2.90. The monoisotopic (exact) mass is 471 g/mol. The predicted molar refractivity (Wildman–Crippen MR) is 137 cm³/mol. The summed E-state index contributed by atoms with van der Waals surface area (Å²) >= 11 is 0. The number of carbonyl (C=O) groups is 1. The van der Waals surface area contributed by atoms with Gasteiger partial charge in [0.2, 0.25) is 0 Å². The average molecular weight is 472 g/mol. The minimum absolute atomic E-state index is 0.102. The lowest BCUT2D eigenvalue weighted by atomic mass is 10.1. The Balaban J connectivity index is 1.36. The Morgan fingerprint density at radius 1 is 0.714 bits per heavy atom. The van der Waals surface area contributed by atoms with Gasteiger partial charge in [-0.15, -0.1) is 0 Å². The maximum Gasteiger partial charge on any atom is 0.410 e. The maximum absolute atomic E-state index is 12.8. The van der Waals surface area contributed by atoms with Gasteiger partial charge in [0.1, 0.15) is 6.61 Å². The minimum Gasteiger partial charge on any atom is -0.445 e. The molecule has 5 heteroatoms. The van der Waals surface area contributed by atoms with Crippen LogP contribution in [0.5, 0.6) is 0 Å². The SMILES string of the molecule is O=C(OCc1ccccc1)N1CC/C(COCc2ccccc2)=C\C(OCc2ccccc2)CC1. The molecule has 0 saturated heterocycles. The fraction of sp³-hybridized carbons (Fsp3) is 0.300. The molecular weight excluding hydrogens is 438 g/mol. The largest absolute Gasteiger partial charge is 0.445 e. The van der Waals surface area contributed by atoms with Crippen molar-refractivity contribution in [3.05, 3.63) is 119 Å². The summed E-state index contributed by atoms with van der Waals surface area (Å²) < 4.78 is 17.9. The van der Waals surface area contributed by atoms with Crippen molar-refractivity contribution in [2.75, 3.05) is 19.7 Å². The van der Waals surface area contributed by atoms with Crippen molar-refractivity contribution in [3.63, 3.8) is 0 Å². The molecule has 1 atom stereocenters. The number of nitrogens with zero attached hydrogens (tertiary/aromatic N) is 1. The highest BCUT2D eigenvalue weighted by atomic mass is 16.6. The third-order valence-electron chi connectivity index (χ3n) is 5.98. The first-order chi connectivity index (χ1) is 17.3. The van der Waals surface area contributed by atoms with E-state index in [0.717, 1.165) is 28.7 Å². The van der Waals surface area contributed by atoms with Gasteiger partial charge in [0.15, 0.2) is 0 Å². The zero-order valence-corrected chi connectivity index (χ0v) is 20.1. The number of carbonyl (C=O) groups excluding carboxylic acids is 1. The standard InChI is InChI=1S/C30H33NO4/c32-30(35-24-27-14-8-3-9-15-27)31-18-16-28(22-33-21-25-10-4-1-5-11-25)20-29(17-19-31)34-23-26-12-6-2-7-13-26/h1-15,20,29H,16-19,21-24H2/b28-20+. The number of ether oxygens (including phenoxy) is 3. The maximum atomic E-state index is 12.8. The van der Waals surface area contributed by atoms with E-state index >= 15 is 0 Å². The van der Waals surface area contributed by atoms with E-state index in [9.17, 15) is 4.79 Å². The lowest BCUT2D eigenvalue weighted by Crippen LogP contribution is -2.36. The summed E-state index contributed by atoms with van der Waals surface area (Å²) in [5.41, 5.74) is 4.39. The fourth-order valence-corrected chi connectivity index (χ4v) is 4.00. The number of amides is 1. The van der Waals surface area contributed by atoms with Crippen LogP contribution < -0.4 is 0 Å². The van der Waals surface area contributed by atoms with Crippen LogP contribution in [0.15, 0.2) is 103 Å². The lowest BCUT2D eigenvalue weighted by molar-refractivity contribution is 0.0481. The first-order valence-electron chi connectivity index (χ1n) is 12.2. The number of hydrogen-bond acceptors (Lipinski definition) is 4. The van der Waals surface area contributed by atoms with Crippen molar-refractivity contribution < 1.29 is 19.0 Å². The molecule has 0 bridgehead atoms. The van der Waals surface area contributed by atoms with Gasteiger partial charge in [-0.2, -0.15) is 0 Å². The molecule has 0 aliphatic carbocycles. The second kappa shape index (κ2) is 13.5. The van der Waals surface area contributed by atoms with Gasteiger partial charge in [0.05, 0.1) is 25.9 Å². The number of hydrogen-bond donors (Lipinski definition) is 0. The Morgan fingerprint density at radius 3 is 1.91 bits per heavy atom. The molecule has 0 radical (unpaired) electrons. The van der Waals surface area contributed by atoms with Crippen LogP contribution in [-0.4, -0.2) is 36.8 Å². The van der Waals surface area contributed by atoms with Gasteiger partial charge in [0.25, 0.3) is 0 Å². The first kappa shape index (κ1) is 24.7. The van der Waals surface area contributed by atoms with Crippen LogP contribution in [0.4, 0.5) is 4.79 Å². The number of rotatable bonds is 9. The van der Waals surface area contributed by atoms with Crippen LogP contribution >= 0.6 is 0 Å². The minimum atomic E-state index is -0.290. The highest BCUT2D eigenvalue weighted by Gasteiger charge is 2.21. The molecule has 0 aromatic heterocycles. The molecule has 4 rings (SSSR count). The Hall–Kier alpha value is -3.41. The van der Waals surface area contributed by atoms with Crippen LogP contribution in [0.2, 0.25) is 0 Å². The van der Waals surface area contributed by atoms with E-state index in [1.165, 1.54) is 0 Å². The molecule has 1 aliphatic heterocycles. The third kappa shape index (κ3) is 8.39. The summed E-state index contributed by atoms with van der Waals surface area (Å²) in [6, 6.07) is 30.0. The topological polar surface area (TPSA) is 48.0 Å². The molecule has 1 aliphatic rings. The van der Waals surface area contributed by atoms with Crippen molar-refractivity contribution in [3.8, 4) is 0 Å². The molecule has 5 nitrogen and oxygen atoms in total. The quantitative estimate of drug-likeness (QED) is 0.351. The van der Waals surface area contributed by atoms with Gasteiger partial charge in [-0.3, -0.25) is 0 Å². The Bertz CT molecular complexity index is 1050. The van der Waals surface area contributed by atoms with Crippen molar-refractivity contribution in [1.82, 2.24) is 4.90 Å². The van der Waals surface area contributed by atoms with E-state index in [4.69, 9.17) is 14.2 Å². The van der Waals surface area contributed by atoms with Crippen molar-refractivity contribution >= 4 is 6.09 Å². The van der Waals surface area contributed by atoms with Crippen LogP contribution in [0.1, 0.15) is 29.5 Å². The predicted octanol–water partition coefficient (Wildman–Crippen LogP) is 6.15. The molecule has 1 amide bonds. The molecule has 0 saturated carbocycles. The van der Waals surface area contributed by atoms with Gasteiger partial charge >= 0.3 is 6.09 Å². The Labute approximate surface area is 207 Å². The van der Waals surface area contributed by atoms with Gasteiger partial charge < -0.3 is 19.1 Å². The van der Waals surface area contributed by atoms with Gasteiger partial charge in [-0.1, -0.05) is 97.1 Å². The molecule has 1 unspecified atom stereocenters. The van der Waals surface area contributed by atoms with Crippen LogP contribution in [0.3, 0.4) is 0 Å². The molecule has 0 N–H and O–H groups in total. The van der Waals surface area contributed by atoms with E-state index in [-0.39, 0.29) is 18.8 Å². The summed E-state index contributed by atoms with van der Waals surface area (Å²) in [6.07, 6.45) is 3.22. The molecule has 3 aromatic rings. The fourth-order valence-electron chi connectivity index (χ4n) is 4.00. The van der Waals surface area contributed by atoms with Gasteiger partial charge in [-0.25, -0.2) is 4.79 Å². The molecule has 1 heterocycles.